The number of nitrogens with zero attached hydrogens (tertiary/aromatic N) is 1. The Morgan fingerprint density at radius 3 is 2.65 bits per heavy atom. The molecule has 0 aliphatic carbocycles. The molecule has 0 radical (unpaired) electrons. The van der Waals surface area contributed by atoms with Gasteiger partial charge in [0.2, 0.25) is 0 Å². The van der Waals surface area contributed by atoms with Gasteiger partial charge in [-0.25, -0.2) is 0 Å². The van der Waals surface area contributed by atoms with E-state index in [1.807, 2.05) is 12.3 Å². The second kappa shape index (κ2) is 5.85. The van der Waals surface area contributed by atoms with Crippen LogP contribution in [0.15, 0.2) is 60.8 Å². The molecular weight excluding hydrogens is 244 g/mol. The van der Waals surface area contributed by atoms with Crippen LogP contribution in [0.4, 0.5) is 0 Å². The number of rotatable bonds is 4. The molecule has 0 aliphatic heterocycles. The molecule has 0 amide bonds. The summed E-state index contributed by atoms with van der Waals surface area (Å²) in [5.74, 6) is 0. The van der Waals surface area contributed by atoms with Gasteiger partial charge in [0.05, 0.1) is 5.52 Å². The van der Waals surface area contributed by atoms with E-state index in [4.69, 9.17) is 0 Å². The van der Waals surface area contributed by atoms with Gasteiger partial charge in [-0.1, -0.05) is 49.4 Å². The summed E-state index contributed by atoms with van der Waals surface area (Å²) < 4.78 is 0. The number of benzene rings is 2. The Hall–Kier alpha value is -2.19. The van der Waals surface area contributed by atoms with Crippen molar-refractivity contribution in [3.63, 3.8) is 0 Å². The molecule has 100 valence electrons. The first-order valence-corrected chi connectivity index (χ1v) is 7.03. The van der Waals surface area contributed by atoms with Crippen LogP contribution in [0.1, 0.15) is 12.5 Å². The first-order chi connectivity index (χ1) is 9.90. The molecule has 2 aromatic carbocycles. The summed E-state index contributed by atoms with van der Waals surface area (Å²) in [6, 6.07) is 19.0. The third-order valence-corrected chi connectivity index (χ3v) is 3.52. The van der Waals surface area contributed by atoms with Crippen LogP contribution in [0.2, 0.25) is 0 Å². The van der Waals surface area contributed by atoms with E-state index in [2.05, 4.69) is 65.8 Å². The van der Waals surface area contributed by atoms with Crippen LogP contribution in [0.5, 0.6) is 0 Å². The minimum absolute atomic E-state index is 0.892. The van der Waals surface area contributed by atoms with Gasteiger partial charge in [-0.15, -0.1) is 0 Å². The Labute approximate surface area is 119 Å². The second-order valence-corrected chi connectivity index (χ2v) is 4.81. The zero-order valence-corrected chi connectivity index (χ0v) is 11.6. The predicted octanol–water partition coefficient (Wildman–Crippen LogP) is 4.01. The summed E-state index contributed by atoms with van der Waals surface area (Å²) in [7, 11) is 0. The van der Waals surface area contributed by atoms with Gasteiger partial charge in [0, 0.05) is 18.1 Å². The molecule has 1 heterocycles. The van der Waals surface area contributed by atoms with Crippen LogP contribution in [0.3, 0.4) is 0 Å². The average molecular weight is 262 g/mol. The van der Waals surface area contributed by atoms with Crippen LogP contribution < -0.4 is 5.32 Å². The third-order valence-electron chi connectivity index (χ3n) is 3.52. The van der Waals surface area contributed by atoms with Gasteiger partial charge in [-0.05, 0) is 35.4 Å². The van der Waals surface area contributed by atoms with E-state index < -0.39 is 0 Å². The van der Waals surface area contributed by atoms with Gasteiger partial charge >= 0.3 is 0 Å². The van der Waals surface area contributed by atoms with E-state index in [9.17, 15) is 0 Å². The number of pyridine rings is 1. The van der Waals surface area contributed by atoms with E-state index in [0.29, 0.717) is 0 Å². The van der Waals surface area contributed by atoms with Gasteiger partial charge in [-0.3, -0.25) is 4.98 Å². The molecular formula is C18H18N2. The van der Waals surface area contributed by atoms with Crippen molar-refractivity contribution in [2.24, 2.45) is 0 Å². The van der Waals surface area contributed by atoms with Crippen molar-refractivity contribution in [3.05, 3.63) is 66.4 Å². The van der Waals surface area contributed by atoms with Gasteiger partial charge in [0.1, 0.15) is 0 Å². The Balaban J connectivity index is 2.16. The van der Waals surface area contributed by atoms with Gasteiger partial charge < -0.3 is 5.32 Å². The standard InChI is InChI=1S/C18H18N2/c1-2-19-13-14-7-3-4-8-15(14)16-9-5-11-18-17(16)10-6-12-20-18/h3-12,19H,2,13H2,1H3. The lowest BCUT2D eigenvalue weighted by molar-refractivity contribution is 0.728. The van der Waals surface area contributed by atoms with Crippen molar-refractivity contribution in [2.45, 2.75) is 13.5 Å². The molecule has 0 unspecified atom stereocenters. The molecule has 0 bridgehead atoms. The third kappa shape index (κ3) is 2.43. The van der Waals surface area contributed by atoms with Crippen molar-refractivity contribution in [3.8, 4) is 11.1 Å². The molecule has 20 heavy (non-hydrogen) atoms. The van der Waals surface area contributed by atoms with E-state index in [0.717, 1.165) is 18.6 Å². The summed E-state index contributed by atoms with van der Waals surface area (Å²) in [6.07, 6.45) is 1.84. The molecule has 0 aliphatic rings. The van der Waals surface area contributed by atoms with E-state index in [-0.39, 0.29) is 0 Å². The number of hydrogen-bond donors (Lipinski definition) is 1. The van der Waals surface area contributed by atoms with Crippen molar-refractivity contribution in [1.29, 1.82) is 0 Å². The smallest absolute Gasteiger partial charge is 0.0708 e. The Kier molecular flexibility index (Phi) is 3.75. The Bertz CT molecular complexity index is 714. The molecule has 1 N–H and O–H groups in total. The first kappa shape index (κ1) is 12.8. The molecule has 2 heteroatoms. The summed E-state index contributed by atoms with van der Waals surface area (Å²) >= 11 is 0. The maximum atomic E-state index is 4.44. The monoisotopic (exact) mass is 262 g/mol. The second-order valence-electron chi connectivity index (χ2n) is 4.81. The highest BCUT2D eigenvalue weighted by molar-refractivity contribution is 5.95. The molecule has 0 saturated carbocycles. The first-order valence-electron chi connectivity index (χ1n) is 7.03. The molecule has 2 nitrogen and oxygen atoms in total. The lowest BCUT2D eigenvalue weighted by atomic mass is 9.96. The topological polar surface area (TPSA) is 24.9 Å². The fourth-order valence-electron chi connectivity index (χ4n) is 2.54. The van der Waals surface area contributed by atoms with E-state index in [1.54, 1.807) is 0 Å². The molecule has 1 aromatic heterocycles. The minimum Gasteiger partial charge on any atom is -0.313 e. The highest BCUT2D eigenvalue weighted by atomic mass is 14.8. The normalized spacial score (nSPS) is 10.8. The summed E-state index contributed by atoms with van der Waals surface area (Å²) in [5.41, 5.74) is 4.91. The quantitative estimate of drug-likeness (QED) is 0.768. The predicted molar refractivity (Wildman–Crippen MR) is 84.6 cm³/mol. The summed E-state index contributed by atoms with van der Waals surface area (Å²) in [4.78, 5) is 4.44. The molecule has 3 aromatic rings. The fourth-order valence-corrected chi connectivity index (χ4v) is 2.54. The van der Waals surface area contributed by atoms with Gasteiger partial charge in [0.25, 0.3) is 0 Å². The molecule has 0 saturated heterocycles. The average Bonchev–Trinajstić information content (AvgIpc) is 2.53. The van der Waals surface area contributed by atoms with Crippen LogP contribution in [-0.2, 0) is 6.54 Å². The van der Waals surface area contributed by atoms with Crippen molar-refractivity contribution >= 4 is 10.9 Å². The highest BCUT2D eigenvalue weighted by Gasteiger charge is 2.07. The Morgan fingerprint density at radius 2 is 1.75 bits per heavy atom. The number of hydrogen-bond acceptors (Lipinski definition) is 2. The van der Waals surface area contributed by atoms with Crippen molar-refractivity contribution in [1.82, 2.24) is 10.3 Å². The SMILES string of the molecule is CCNCc1ccccc1-c1cccc2ncccc12. The number of aromatic nitrogens is 1. The number of nitrogens with one attached hydrogen (secondary N) is 1. The maximum absolute atomic E-state index is 4.44. The molecule has 3 rings (SSSR count). The van der Waals surface area contributed by atoms with Crippen LogP contribution in [-0.4, -0.2) is 11.5 Å². The van der Waals surface area contributed by atoms with Gasteiger partial charge in [-0.2, -0.15) is 0 Å². The zero-order chi connectivity index (χ0) is 13.8. The van der Waals surface area contributed by atoms with Crippen LogP contribution >= 0.6 is 0 Å². The largest absolute Gasteiger partial charge is 0.313 e. The minimum atomic E-state index is 0.892. The molecule has 0 fully saturated rings. The maximum Gasteiger partial charge on any atom is 0.0708 e. The zero-order valence-electron chi connectivity index (χ0n) is 11.6. The highest BCUT2D eigenvalue weighted by Crippen LogP contribution is 2.30. The molecule has 0 spiro atoms. The van der Waals surface area contributed by atoms with Crippen molar-refractivity contribution in [2.75, 3.05) is 6.54 Å². The van der Waals surface area contributed by atoms with E-state index in [1.165, 1.54) is 22.1 Å². The number of fused-ring (bicyclic) bond motifs is 1. The lowest BCUT2D eigenvalue weighted by Gasteiger charge is -2.12. The van der Waals surface area contributed by atoms with Crippen molar-refractivity contribution < 1.29 is 0 Å². The lowest BCUT2D eigenvalue weighted by Crippen LogP contribution is -2.12. The van der Waals surface area contributed by atoms with Crippen LogP contribution in [0, 0.1) is 0 Å². The summed E-state index contributed by atoms with van der Waals surface area (Å²) in [6.45, 7) is 4.00. The fraction of sp³-hybridized carbons (Fsp3) is 0.167. The summed E-state index contributed by atoms with van der Waals surface area (Å²) in [5, 5.41) is 4.61. The Morgan fingerprint density at radius 1 is 0.900 bits per heavy atom. The van der Waals surface area contributed by atoms with Crippen LogP contribution in [0.25, 0.3) is 22.0 Å². The van der Waals surface area contributed by atoms with E-state index >= 15 is 0 Å². The van der Waals surface area contributed by atoms with Gasteiger partial charge in [0.15, 0.2) is 0 Å². The molecule has 0 atom stereocenters.